The standard InChI is InChI=1S/C16H20N4O3/c1-11-8-17-6-7-19(11)15(22)13-4-2-12(3-5-13)10-20-14(21)9-18-16(20)23/h2-5,11,17H,6-10H2,1H3,(H,18,23). The molecule has 0 aliphatic carbocycles. The second-order valence-corrected chi connectivity index (χ2v) is 5.89. The van der Waals surface area contributed by atoms with Crippen LogP contribution in [0.25, 0.3) is 0 Å². The van der Waals surface area contributed by atoms with Crippen LogP contribution in [0.5, 0.6) is 0 Å². The summed E-state index contributed by atoms with van der Waals surface area (Å²) in [5.74, 6) is -0.217. The number of urea groups is 1. The van der Waals surface area contributed by atoms with E-state index in [-0.39, 0.29) is 37.0 Å². The van der Waals surface area contributed by atoms with E-state index in [4.69, 9.17) is 0 Å². The van der Waals surface area contributed by atoms with Crippen molar-refractivity contribution in [3.05, 3.63) is 35.4 Å². The van der Waals surface area contributed by atoms with Gasteiger partial charge in [0.1, 0.15) is 0 Å². The molecular weight excluding hydrogens is 296 g/mol. The predicted molar refractivity (Wildman–Crippen MR) is 83.8 cm³/mol. The highest BCUT2D eigenvalue weighted by Gasteiger charge is 2.28. The number of carbonyl (C=O) groups excluding carboxylic acids is 3. The number of imide groups is 1. The lowest BCUT2D eigenvalue weighted by Crippen LogP contribution is -2.52. The third-order valence-corrected chi connectivity index (χ3v) is 4.24. The molecule has 4 amide bonds. The Morgan fingerprint density at radius 1 is 1.26 bits per heavy atom. The molecule has 1 atom stereocenters. The Balaban J connectivity index is 1.68. The second-order valence-electron chi connectivity index (χ2n) is 5.89. The van der Waals surface area contributed by atoms with Crippen LogP contribution in [0, 0.1) is 0 Å². The van der Waals surface area contributed by atoms with Gasteiger partial charge in [0.05, 0.1) is 13.1 Å². The van der Waals surface area contributed by atoms with Gasteiger partial charge in [0.2, 0.25) is 5.91 Å². The SMILES string of the molecule is CC1CNCCN1C(=O)c1ccc(CN2C(=O)CNC2=O)cc1. The van der Waals surface area contributed by atoms with Gasteiger partial charge in [0, 0.05) is 31.2 Å². The number of nitrogens with zero attached hydrogens (tertiary/aromatic N) is 2. The van der Waals surface area contributed by atoms with Crippen LogP contribution in [0.4, 0.5) is 4.79 Å². The molecule has 1 aromatic rings. The lowest BCUT2D eigenvalue weighted by Gasteiger charge is -2.34. The molecule has 2 fully saturated rings. The van der Waals surface area contributed by atoms with Crippen LogP contribution in [-0.2, 0) is 11.3 Å². The van der Waals surface area contributed by atoms with E-state index < -0.39 is 0 Å². The predicted octanol–water partition coefficient (Wildman–Crippen LogP) is 0.172. The zero-order valence-corrected chi connectivity index (χ0v) is 13.0. The first-order chi connectivity index (χ1) is 11.1. The summed E-state index contributed by atoms with van der Waals surface area (Å²) >= 11 is 0. The van der Waals surface area contributed by atoms with Gasteiger partial charge in [-0.25, -0.2) is 4.79 Å². The molecule has 7 nitrogen and oxygen atoms in total. The van der Waals surface area contributed by atoms with Gasteiger partial charge in [-0.05, 0) is 24.6 Å². The summed E-state index contributed by atoms with van der Waals surface area (Å²) in [4.78, 5) is 38.7. The molecule has 0 spiro atoms. The van der Waals surface area contributed by atoms with Crippen LogP contribution in [0.15, 0.2) is 24.3 Å². The smallest absolute Gasteiger partial charge is 0.324 e. The van der Waals surface area contributed by atoms with E-state index in [0.717, 1.165) is 18.7 Å². The molecule has 0 radical (unpaired) electrons. The van der Waals surface area contributed by atoms with Gasteiger partial charge in [0.25, 0.3) is 5.91 Å². The van der Waals surface area contributed by atoms with Crippen molar-refractivity contribution in [1.29, 1.82) is 0 Å². The number of hydrogen-bond acceptors (Lipinski definition) is 4. The molecule has 2 saturated heterocycles. The van der Waals surface area contributed by atoms with Crippen molar-refractivity contribution in [1.82, 2.24) is 20.4 Å². The molecule has 2 heterocycles. The van der Waals surface area contributed by atoms with E-state index in [2.05, 4.69) is 10.6 Å². The highest BCUT2D eigenvalue weighted by Crippen LogP contribution is 2.14. The van der Waals surface area contributed by atoms with Gasteiger partial charge in [0.15, 0.2) is 0 Å². The molecule has 23 heavy (non-hydrogen) atoms. The van der Waals surface area contributed by atoms with Crippen LogP contribution in [0.3, 0.4) is 0 Å². The van der Waals surface area contributed by atoms with Crippen molar-refractivity contribution in [2.24, 2.45) is 0 Å². The molecule has 0 aromatic heterocycles. The minimum Gasteiger partial charge on any atom is -0.333 e. The molecule has 3 rings (SSSR count). The molecule has 122 valence electrons. The summed E-state index contributed by atoms with van der Waals surface area (Å²) in [6.07, 6.45) is 0. The Kier molecular flexibility index (Phi) is 4.29. The van der Waals surface area contributed by atoms with E-state index in [0.29, 0.717) is 12.1 Å². The van der Waals surface area contributed by atoms with Crippen molar-refractivity contribution in [2.45, 2.75) is 19.5 Å². The molecule has 0 saturated carbocycles. The zero-order chi connectivity index (χ0) is 16.4. The maximum atomic E-state index is 12.5. The molecular formula is C16H20N4O3. The Morgan fingerprint density at radius 3 is 2.61 bits per heavy atom. The third-order valence-electron chi connectivity index (χ3n) is 4.24. The maximum absolute atomic E-state index is 12.5. The number of carbonyl (C=O) groups is 3. The molecule has 2 N–H and O–H groups in total. The number of hydrogen-bond donors (Lipinski definition) is 2. The lowest BCUT2D eigenvalue weighted by molar-refractivity contribution is -0.125. The van der Waals surface area contributed by atoms with E-state index in [1.54, 1.807) is 24.3 Å². The van der Waals surface area contributed by atoms with Crippen LogP contribution >= 0.6 is 0 Å². The summed E-state index contributed by atoms with van der Waals surface area (Å²) in [5, 5.41) is 5.75. The number of nitrogens with one attached hydrogen (secondary N) is 2. The summed E-state index contributed by atoms with van der Waals surface area (Å²) in [6.45, 7) is 4.61. The summed E-state index contributed by atoms with van der Waals surface area (Å²) in [5.41, 5.74) is 1.44. The number of piperazine rings is 1. The van der Waals surface area contributed by atoms with Crippen LogP contribution in [0.2, 0.25) is 0 Å². The monoisotopic (exact) mass is 316 g/mol. The Bertz CT molecular complexity index is 613. The highest BCUT2D eigenvalue weighted by atomic mass is 16.2. The fourth-order valence-corrected chi connectivity index (χ4v) is 2.86. The number of benzene rings is 1. The average molecular weight is 316 g/mol. The van der Waals surface area contributed by atoms with Crippen LogP contribution < -0.4 is 10.6 Å². The van der Waals surface area contributed by atoms with E-state index in [9.17, 15) is 14.4 Å². The second kappa shape index (κ2) is 6.37. The first-order valence-electron chi connectivity index (χ1n) is 7.75. The van der Waals surface area contributed by atoms with Gasteiger partial charge in [-0.1, -0.05) is 12.1 Å². The van der Waals surface area contributed by atoms with Crippen molar-refractivity contribution < 1.29 is 14.4 Å². The summed E-state index contributed by atoms with van der Waals surface area (Å²) in [7, 11) is 0. The molecule has 2 aliphatic rings. The summed E-state index contributed by atoms with van der Waals surface area (Å²) < 4.78 is 0. The van der Waals surface area contributed by atoms with Gasteiger partial charge >= 0.3 is 6.03 Å². The van der Waals surface area contributed by atoms with Crippen LogP contribution in [-0.4, -0.2) is 59.9 Å². The Hall–Kier alpha value is -2.41. The molecule has 7 heteroatoms. The maximum Gasteiger partial charge on any atom is 0.324 e. The zero-order valence-electron chi connectivity index (χ0n) is 13.0. The van der Waals surface area contributed by atoms with Gasteiger partial charge in [-0.2, -0.15) is 0 Å². The van der Waals surface area contributed by atoms with Gasteiger partial charge < -0.3 is 15.5 Å². The summed E-state index contributed by atoms with van der Waals surface area (Å²) in [6, 6.07) is 6.89. The van der Waals surface area contributed by atoms with E-state index >= 15 is 0 Å². The Labute approximate surface area is 134 Å². The Morgan fingerprint density at radius 2 is 2.00 bits per heavy atom. The third kappa shape index (κ3) is 3.19. The van der Waals surface area contributed by atoms with Gasteiger partial charge in [-0.3, -0.25) is 14.5 Å². The van der Waals surface area contributed by atoms with Crippen molar-refractivity contribution in [3.63, 3.8) is 0 Å². The van der Waals surface area contributed by atoms with Gasteiger partial charge in [-0.15, -0.1) is 0 Å². The van der Waals surface area contributed by atoms with Crippen LogP contribution in [0.1, 0.15) is 22.8 Å². The molecule has 2 aliphatic heterocycles. The number of amides is 4. The normalized spacial score (nSPS) is 21.5. The van der Waals surface area contributed by atoms with E-state index in [1.807, 2.05) is 11.8 Å². The molecule has 0 bridgehead atoms. The minimum absolute atomic E-state index is 0.0144. The minimum atomic E-state index is -0.371. The van der Waals surface area contributed by atoms with Crippen molar-refractivity contribution in [2.75, 3.05) is 26.2 Å². The van der Waals surface area contributed by atoms with E-state index in [1.165, 1.54) is 4.90 Å². The molecule has 1 aromatic carbocycles. The average Bonchev–Trinajstić information content (AvgIpc) is 2.87. The fourth-order valence-electron chi connectivity index (χ4n) is 2.86. The first-order valence-corrected chi connectivity index (χ1v) is 7.75. The first kappa shape index (κ1) is 15.5. The van der Waals surface area contributed by atoms with Crippen molar-refractivity contribution in [3.8, 4) is 0 Å². The van der Waals surface area contributed by atoms with Crippen molar-refractivity contribution >= 4 is 17.8 Å². The number of rotatable bonds is 3. The topological polar surface area (TPSA) is 81.8 Å². The highest BCUT2D eigenvalue weighted by molar-refractivity contribution is 6.01. The lowest BCUT2D eigenvalue weighted by atomic mass is 10.1. The fraction of sp³-hybridized carbons (Fsp3) is 0.438. The molecule has 1 unspecified atom stereocenters. The largest absolute Gasteiger partial charge is 0.333 e. The quantitative estimate of drug-likeness (QED) is 0.779.